The number of rotatable bonds is 3. The summed E-state index contributed by atoms with van der Waals surface area (Å²) in [6, 6.07) is 0. The zero-order valence-electron chi connectivity index (χ0n) is 13.3. The summed E-state index contributed by atoms with van der Waals surface area (Å²) in [4.78, 5) is 25.5. The number of ether oxygens (including phenoxy) is 1. The van der Waals surface area contributed by atoms with E-state index in [2.05, 4.69) is 0 Å². The minimum atomic E-state index is -4.00. The van der Waals surface area contributed by atoms with Gasteiger partial charge >= 0.3 is 12.0 Å². The number of amides is 1. The Morgan fingerprint density at radius 2 is 1.95 bits per heavy atom. The van der Waals surface area contributed by atoms with Crippen molar-refractivity contribution in [2.24, 2.45) is 5.41 Å². The fourth-order valence-electron chi connectivity index (χ4n) is 2.27. The molecular weight excluding hydrogens is 296 g/mol. The second-order valence-corrected chi connectivity index (χ2v) is 5.99. The van der Waals surface area contributed by atoms with Crippen LogP contribution in [0.4, 0.5) is 13.6 Å². The molecule has 0 saturated carbocycles. The second-order valence-electron chi connectivity index (χ2n) is 5.99. The van der Waals surface area contributed by atoms with Crippen molar-refractivity contribution < 1.29 is 28.2 Å². The maximum atomic E-state index is 14.0. The summed E-state index contributed by atoms with van der Waals surface area (Å²) in [5, 5.41) is 9.43. The van der Waals surface area contributed by atoms with Crippen molar-refractivity contribution in [3.05, 3.63) is 12.2 Å². The number of aliphatic hydroxyl groups excluding tert-OH is 1. The van der Waals surface area contributed by atoms with Gasteiger partial charge in [-0.25, -0.2) is 4.79 Å². The van der Waals surface area contributed by atoms with Gasteiger partial charge in [-0.05, 0) is 20.3 Å². The van der Waals surface area contributed by atoms with E-state index in [4.69, 9.17) is 4.74 Å². The van der Waals surface area contributed by atoms with Crippen molar-refractivity contribution in [2.45, 2.75) is 52.2 Å². The molecule has 1 N–H and O–H groups in total. The monoisotopic (exact) mass is 319 g/mol. The van der Waals surface area contributed by atoms with Crippen molar-refractivity contribution in [1.29, 1.82) is 0 Å². The van der Waals surface area contributed by atoms with E-state index in [0.29, 0.717) is 13.1 Å². The summed E-state index contributed by atoms with van der Waals surface area (Å²) in [6.45, 7) is 7.27. The van der Waals surface area contributed by atoms with Gasteiger partial charge in [0.15, 0.2) is 6.10 Å². The minimum absolute atomic E-state index is 0.224. The highest BCUT2D eigenvalue weighted by molar-refractivity contribution is 5.93. The Hall–Kier alpha value is -1.50. The quantitative estimate of drug-likeness (QED) is 0.811. The second kappa shape index (κ2) is 6.73. The van der Waals surface area contributed by atoms with Crippen LogP contribution in [0.2, 0.25) is 0 Å². The maximum absolute atomic E-state index is 14.0. The van der Waals surface area contributed by atoms with Gasteiger partial charge in [0.1, 0.15) is 6.10 Å². The fourth-order valence-corrected chi connectivity index (χ4v) is 2.27. The van der Waals surface area contributed by atoms with E-state index in [0.717, 1.165) is 6.08 Å². The molecule has 7 heteroatoms. The molecule has 1 amide bonds. The smallest absolute Gasteiger partial charge is 0.410 e. The minimum Gasteiger partial charge on any atom is -0.437 e. The predicted octanol–water partition coefficient (Wildman–Crippen LogP) is 2.38. The standard InChI is InChI=1S/C15H23F2NO4/c1-5-18(6-2)13(21)22-12-11(20)15(16,17)10(19)8-7-9-14(12,3)4/h7-8,10,12,19H,5-6,9H2,1-4H3/b8-7-/t10-,12+/m0/s1. The zero-order valence-corrected chi connectivity index (χ0v) is 13.3. The number of halogens is 2. The lowest BCUT2D eigenvalue weighted by molar-refractivity contribution is -0.171. The topological polar surface area (TPSA) is 66.8 Å². The van der Waals surface area contributed by atoms with Crippen LogP contribution >= 0.6 is 0 Å². The molecule has 126 valence electrons. The molecule has 22 heavy (non-hydrogen) atoms. The SMILES string of the molecule is CCN(CC)C(=O)O[C@@H]1C(=O)C(F)(F)[C@@H](O)/C=C\CC1(C)C. The first-order valence-electron chi connectivity index (χ1n) is 7.30. The van der Waals surface area contributed by atoms with Gasteiger partial charge in [0.25, 0.3) is 0 Å². The molecule has 2 atom stereocenters. The summed E-state index contributed by atoms with van der Waals surface area (Å²) in [7, 11) is 0. The molecule has 0 fully saturated rings. The van der Waals surface area contributed by atoms with E-state index < -0.39 is 35.4 Å². The molecule has 0 spiro atoms. The zero-order chi connectivity index (χ0) is 17.1. The van der Waals surface area contributed by atoms with Gasteiger partial charge in [-0.1, -0.05) is 26.0 Å². The molecule has 0 aromatic heterocycles. The van der Waals surface area contributed by atoms with Crippen LogP contribution in [0.1, 0.15) is 34.1 Å². The van der Waals surface area contributed by atoms with E-state index in [9.17, 15) is 23.5 Å². The highest BCUT2D eigenvalue weighted by atomic mass is 19.3. The fraction of sp³-hybridized carbons (Fsp3) is 0.733. The van der Waals surface area contributed by atoms with E-state index >= 15 is 0 Å². The normalized spacial score (nSPS) is 28.4. The number of carbonyl (C=O) groups excluding carboxylic acids is 2. The van der Waals surface area contributed by atoms with Crippen LogP contribution in [-0.4, -0.2) is 53.1 Å². The Balaban J connectivity index is 3.13. The summed E-state index contributed by atoms with van der Waals surface area (Å²) in [6.07, 6.45) is -2.15. The van der Waals surface area contributed by atoms with Gasteiger partial charge < -0.3 is 14.7 Å². The van der Waals surface area contributed by atoms with Crippen LogP contribution in [0.5, 0.6) is 0 Å². The number of alkyl halides is 2. The molecule has 0 aromatic carbocycles. The Bertz CT molecular complexity index is 458. The number of nitrogens with zero attached hydrogens (tertiary/aromatic N) is 1. The molecule has 1 aliphatic carbocycles. The van der Waals surface area contributed by atoms with E-state index in [-0.39, 0.29) is 6.42 Å². The molecule has 0 unspecified atom stereocenters. The lowest BCUT2D eigenvalue weighted by Gasteiger charge is -2.37. The lowest BCUT2D eigenvalue weighted by atomic mass is 9.77. The number of hydrogen-bond acceptors (Lipinski definition) is 4. The average Bonchev–Trinajstić information content (AvgIpc) is 2.43. The number of carbonyl (C=O) groups is 2. The summed E-state index contributed by atoms with van der Waals surface area (Å²) in [5.74, 6) is -5.57. The lowest BCUT2D eigenvalue weighted by Crippen LogP contribution is -2.54. The molecule has 0 heterocycles. The van der Waals surface area contributed by atoms with Gasteiger partial charge in [-0.2, -0.15) is 8.78 Å². The molecular formula is C15H23F2NO4. The van der Waals surface area contributed by atoms with Gasteiger partial charge in [0.2, 0.25) is 5.78 Å². The van der Waals surface area contributed by atoms with Crippen molar-refractivity contribution in [3.63, 3.8) is 0 Å². The van der Waals surface area contributed by atoms with Crippen molar-refractivity contribution in [3.8, 4) is 0 Å². The van der Waals surface area contributed by atoms with Crippen LogP contribution in [0, 0.1) is 5.41 Å². The Morgan fingerprint density at radius 1 is 1.41 bits per heavy atom. The van der Waals surface area contributed by atoms with Crippen molar-refractivity contribution >= 4 is 11.9 Å². The first kappa shape index (κ1) is 18.5. The maximum Gasteiger partial charge on any atom is 0.410 e. The molecule has 5 nitrogen and oxygen atoms in total. The number of aliphatic hydroxyl groups is 1. The van der Waals surface area contributed by atoms with Crippen LogP contribution < -0.4 is 0 Å². The first-order valence-corrected chi connectivity index (χ1v) is 7.30. The third-order valence-electron chi connectivity index (χ3n) is 3.85. The largest absolute Gasteiger partial charge is 0.437 e. The number of hydrogen-bond donors (Lipinski definition) is 1. The van der Waals surface area contributed by atoms with Crippen LogP contribution in [0.3, 0.4) is 0 Å². The van der Waals surface area contributed by atoms with Crippen molar-refractivity contribution in [1.82, 2.24) is 4.90 Å². The Morgan fingerprint density at radius 3 is 2.45 bits per heavy atom. The first-order chi connectivity index (χ1) is 10.1. The number of allylic oxidation sites excluding steroid dienone is 1. The highest BCUT2D eigenvalue weighted by Crippen LogP contribution is 2.37. The van der Waals surface area contributed by atoms with Crippen LogP contribution in [0.15, 0.2) is 12.2 Å². The predicted molar refractivity (Wildman–Crippen MR) is 76.7 cm³/mol. The van der Waals surface area contributed by atoms with Gasteiger partial charge in [-0.15, -0.1) is 0 Å². The third kappa shape index (κ3) is 3.63. The molecule has 0 bridgehead atoms. The molecule has 0 aliphatic heterocycles. The Labute approximate surface area is 128 Å². The van der Waals surface area contributed by atoms with E-state index in [1.807, 2.05) is 0 Å². The van der Waals surface area contributed by atoms with Gasteiger partial charge in [0, 0.05) is 18.5 Å². The van der Waals surface area contributed by atoms with E-state index in [1.54, 1.807) is 27.7 Å². The van der Waals surface area contributed by atoms with Crippen molar-refractivity contribution in [2.75, 3.05) is 13.1 Å². The van der Waals surface area contributed by atoms with Gasteiger partial charge in [0.05, 0.1) is 0 Å². The summed E-state index contributed by atoms with van der Waals surface area (Å²) >= 11 is 0. The third-order valence-corrected chi connectivity index (χ3v) is 3.85. The highest BCUT2D eigenvalue weighted by Gasteiger charge is 2.54. The summed E-state index contributed by atoms with van der Waals surface area (Å²) < 4.78 is 33.1. The number of Topliss-reactive ketones (excluding diaryl/α,β-unsaturated/α-hetero) is 1. The molecule has 0 radical (unpaired) electrons. The average molecular weight is 319 g/mol. The van der Waals surface area contributed by atoms with Crippen LogP contribution in [-0.2, 0) is 9.53 Å². The Kier molecular flexibility index (Phi) is 5.67. The molecule has 0 aromatic rings. The number of ketones is 1. The molecule has 1 aliphatic rings. The van der Waals surface area contributed by atoms with Gasteiger partial charge in [-0.3, -0.25) is 4.79 Å². The van der Waals surface area contributed by atoms with E-state index in [1.165, 1.54) is 11.0 Å². The summed E-state index contributed by atoms with van der Waals surface area (Å²) in [5.41, 5.74) is -1.00. The molecule has 1 rings (SSSR count). The molecule has 0 saturated heterocycles. The van der Waals surface area contributed by atoms with Crippen LogP contribution in [0.25, 0.3) is 0 Å².